The number of rotatable bonds is 1. The van der Waals surface area contributed by atoms with Crippen molar-refractivity contribution in [2.24, 2.45) is 0 Å². The monoisotopic (exact) mass is 166 g/mol. The fraction of sp³-hybridized carbons (Fsp3) is 0.667. The van der Waals surface area contributed by atoms with Crippen LogP contribution >= 0.6 is 0 Å². The van der Waals surface area contributed by atoms with Crippen LogP contribution < -0.4 is 5.32 Å². The van der Waals surface area contributed by atoms with Crippen molar-refractivity contribution in [2.45, 2.75) is 19.4 Å². The molecule has 0 aromatic rings. The van der Waals surface area contributed by atoms with E-state index in [9.17, 15) is 4.79 Å². The highest BCUT2D eigenvalue weighted by atomic mass is 16.2. The summed E-state index contributed by atoms with van der Waals surface area (Å²) in [6, 6.07) is 0.416. The van der Waals surface area contributed by atoms with Gasteiger partial charge >= 0.3 is 0 Å². The molecule has 2 rings (SSSR count). The van der Waals surface area contributed by atoms with E-state index in [1.54, 1.807) is 0 Å². The predicted molar refractivity (Wildman–Crippen MR) is 46.7 cm³/mol. The lowest BCUT2D eigenvalue weighted by Gasteiger charge is -2.39. The normalized spacial score (nSPS) is 29.8. The van der Waals surface area contributed by atoms with Crippen molar-refractivity contribution in [3.8, 4) is 0 Å². The molecule has 0 spiro atoms. The van der Waals surface area contributed by atoms with E-state index >= 15 is 0 Å². The zero-order valence-corrected chi connectivity index (χ0v) is 7.34. The molecule has 3 nitrogen and oxygen atoms in total. The Morgan fingerprint density at radius 3 is 3.00 bits per heavy atom. The van der Waals surface area contributed by atoms with E-state index in [2.05, 4.69) is 18.3 Å². The summed E-state index contributed by atoms with van der Waals surface area (Å²) >= 11 is 0. The minimum absolute atomic E-state index is 0.249. The van der Waals surface area contributed by atoms with Crippen molar-refractivity contribution in [2.75, 3.05) is 19.6 Å². The number of nitrogens with zero attached hydrogens (tertiary/aromatic N) is 1. The van der Waals surface area contributed by atoms with Crippen LogP contribution in [0.2, 0.25) is 0 Å². The van der Waals surface area contributed by atoms with Gasteiger partial charge in [0.2, 0.25) is 5.91 Å². The molecule has 1 fully saturated rings. The zero-order chi connectivity index (χ0) is 8.55. The molecule has 1 aliphatic heterocycles. The van der Waals surface area contributed by atoms with Crippen molar-refractivity contribution in [1.82, 2.24) is 10.2 Å². The Morgan fingerprint density at radius 1 is 1.67 bits per heavy atom. The largest absolute Gasteiger partial charge is 0.333 e. The molecule has 2 aliphatic rings. The van der Waals surface area contributed by atoms with E-state index in [0.29, 0.717) is 12.6 Å². The van der Waals surface area contributed by atoms with Gasteiger partial charge in [-0.25, -0.2) is 0 Å². The lowest BCUT2D eigenvalue weighted by molar-refractivity contribution is -0.133. The van der Waals surface area contributed by atoms with Gasteiger partial charge in [-0.1, -0.05) is 11.6 Å². The van der Waals surface area contributed by atoms with Crippen molar-refractivity contribution in [3.63, 3.8) is 0 Å². The van der Waals surface area contributed by atoms with Gasteiger partial charge in [-0.15, -0.1) is 0 Å². The molecule has 1 unspecified atom stereocenters. The second kappa shape index (κ2) is 2.90. The summed E-state index contributed by atoms with van der Waals surface area (Å²) in [5, 5.41) is 3.07. The molecule has 1 aliphatic carbocycles. The number of piperazine rings is 1. The maximum Gasteiger partial charge on any atom is 0.237 e. The third-order valence-electron chi connectivity index (χ3n) is 2.69. The van der Waals surface area contributed by atoms with Crippen LogP contribution in [0.1, 0.15) is 13.3 Å². The highest BCUT2D eigenvalue weighted by Crippen LogP contribution is 2.24. The molecule has 1 heterocycles. The second-order valence-electron chi connectivity index (χ2n) is 3.46. The Morgan fingerprint density at radius 2 is 2.50 bits per heavy atom. The van der Waals surface area contributed by atoms with Gasteiger partial charge in [0.05, 0.1) is 12.6 Å². The molecule has 66 valence electrons. The Kier molecular flexibility index (Phi) is 1.89. The van der Waals surface area contributed by atoms with Crippen LogP contribution in [0, 0.1) is 0 Å². The minimum atomic E-state index is 0.249. The topological polar surface area (TPSA) is 32.3 Å². The summed E-state index contributed by atoms with van der Waals surface area (Å²) < 4.78 is 0. The summed E-state index contributed by atoms with van der Waals surface area (Å²) in [7, 11) is 0. The van der Waals surface area contributed by atoms with Crippen molar-refractivity contribution in [1.29, 1.82) is 0 Å². The van der Waals surface area contributed by atoms with Crippen molar-refractivity contribution < 1.29 is 4.79 Å². The number of carbonyl (C=O) groups excluding carboxylic acids is 1. The Balaban J connectivity index is 2.02. The standard InChI is InChI=1S/C9H14N2O/c1-7-2-3-8(7)11-5-4-10-6-9(11)12/h2,8,10H,3-6H2,1H3. The maximum atomic E-state index is 11.4. The second-order valence-corrected chi connectivity index (χ2v) is 3.46. The molecule has 1 saturated heterocycles. The van der Waals surface area contributed by atoms with E-state index in [-0.39, 0.29) is 5.91 Å². The zero-order valence-electron chi connectivity index (χ0n) is 7.34. The first-order valence-corrected chi connectivity index (χ1v) is 4.46. The Bertz CT molecular complexity index is 235. The number of nitrogens with one attached hydrogen (secondary N) is 1. The molecule has 1 atom stereocenters. The van der Waals surface area contributed by atoms with Crippen LogP contribution in [-0.4, -0.2) is 36.5 Å². The molecule has 1 N–H and O–H groups in total. The fourth-order valence-corrected chi connectivity index (χ4v) is 1.78. The van der Waals surface area contributed by atoms with Gasteiger partial charge in [0.1, 0.15) is 0 Å². The van der Waals surface area contributed by atoms with E-state index in [1.807, 2.05) is 4.90 Å². The summed E-state index contributed by atoms with van der Waals surface area (Å²) in [5.41, 5.74) is 1.35. The third-order valence-corrected chi connectivity index (χ3v) is 2.69. The Labute approximate surface area is 72.4 Å². The lowest BCUT2D eigenvalue weighted by atomic mass is 9.91. The van der Waals surface area contributed by atoms with E-state index in [4.69, 9.17) is 0 Å². The van der Waals surface area contributed by atoms with Gasteiger partial charge in [-0.05, 0) is 13.3 Å². The summed E-state index contributed by atoms with van der Waals surface area (Å²) in [4.78, 5) is 13.4. The van der Waals surface area contributed by atoms with E-state index in [0.717, 1.165) is 19.5 Å². The van der Waals surface area contributed by atoms with Crippen molar-refractivity contribution >= 4 is 5.91 Å². The number of carbonyl (C=O) groups is 1. The number of amides is 1. The average Bonchev–Trinajstić information content (AvgIpc) is 2.06. The minimum Gasteiger partial charge on any atom is -0.333 e. The number of hydrogen-bond donors (Lipinski definition) is 1. The van der Waals surface area contributed by atoms with Crippen molar-refractivity contribution in [3.05, 3.63) is 11.6 Å². The lowest BCUT2D eigenvalue weighted by Crippen LogP contribution is -2.54. The van der Waals surface area contributed by atoms with Gasteiger partial charge in [0.25, 0.3) is 0 Å². The van der Waals surface area contributed by atoms with Crippen LogP contribution in [0.5, 0.6) is 0 Å². The van der Waals surface area contributed by atoms with E-state index in [1.165, 1.54) is 5.57 Å². The summed E-state index contributed by atoms with van der Waals surface area (Å²) in [5.74, 6) is 0.249. The third kappa shape index (κ3) is 1.14. The smallest absolute Gasteiger partial charge is 0.237 e. The van der Waals surface area contributed by atoms with Gasteiger partial charge in [-0.2, -0.15) is 0 Å². The summed E-state index contributed by atoms with van der Waals surface area (Å²) in [6.45, 7) is 4.43. The summed E-state index contributed by atoms with van der Waals surface area (Å²) in [6.07, 6.45) is 3.25. The molecule has 12 heavy (non-hydrogen) atoms. The van der Waals surface area contributed by atoms with Crippen LogP contribution in [0.15, 0.2) is 11.6 Å². The molecule has 0 aromatic carbocycles. The Hall–Kier alpha value is -0.830. The highest BCUT2D eigenvalue weighted by Gasteiger charge is 2.29. The van der Waals surface area contributed by atoms with Gasteiger partial charge in [0.15, 0.2) is 0 Å². The number of hydrogen-bond acceptors (Lipinski definition) is 2. The fourth-order valence-electron chi connectivity index (χ4n) is 1.78. The van der Waals surface area contributed by atoms with E-state index < -0.39 is 0 Å². The first-order valence-electron chi connectivity index (χ1n) is 4.46. The first kappa shape index (κ1) is 7.80. The molecule has 0 aromatic heterocycles. The quantitative estimate of drug-likeness (QED) is 0.562. The molecule has 1 amide bonds. The predicted octanol–water partition coefficient (Wildman–Crippen LogP) is 0.137. The van der Waals surface area contributed by atoms with Gasteiger partial charge in [0, 0.05) is 13.1 Å². The van der Waals surface area contributed by atoms with Gasteiger partial charge in [-0.3, -0.25) is 4.79 Å². The van der Waals surface area contributed by atoms with Crippen LogP contribution in [0.3, 0.4) is 0 Å². The van der Waals surface area contributed by atoms with Crippen LogP contribution in [0.25, 0.3) is 0 Å². The molecular formula is C9H14N2O. The molecule has 0 bridgehead atoms. The SMILES string of the molecule is CC1=CCC1N1CCNCC1=O. The van der Waals surface area contributed by atoms with Crippen LogP contribution in [0.4, 0.5) is 0 Å². The molecule has 0 radical (unpaired) electrons. The van der Waals surface area contributed by atoms with Crippen LogP contribution in [-0.2, 0) is 4.79 Å². The molecule has 0 saturated carbocycles. The molecule has 3 heteroatoms. The van der Waals surface area contributed by atoms with Gasteiger partial charge < -0.3 is 10.2 Å². The average molecular weight is 166 g/mol. The highest BCUT2D eigenvalue weighted by molar-refractivity contribution is 5.80. The molecular weight excluding hydrogens is 152 g/mol. The maximum absolute atomic E-state index is 11.4. The first-order chi connectivity index (χ1) is 5.79.